The van der Waals surface area contributed by atoms with Crippen LogP contribution < -0.4 is 10.6 Å². The molecule has 1 aliphatic rings. The number of aromatic nitrogens is 1. The Morgan fingerprint density at radius 2 is 2.19 bits per heavy atom. The Morgan fingerprint density at radius 3 is 2.95 bits per heavy atom. The quantitative estimate of drug-likeness (QED) is 0.335. The lowest BCUT2D eigenvalue weighted by Gasteiger charge is -2.31. The molecular weight excluding hydrogens is 268 g/mol. The van der Waals surface area contributed by atoms with Gasteiger partial charge in [0.25, 0.3) is 0 Å². The van der Waals surface area contributed by atoms with Crippen molar-refractivity contribution in [2.75, 3.05) is 18.0 Å². The maximum atomic E-state index is 9.82. The van der Waals surface area contributed by atoms with Crippen LogP contribution in [0.2, 0.25) is 0 Å². The fraction of sp³-hybridized carbons (Fsp3) is 0.333. The van der Waals surface area contributed by atoms with Crippen LogP contribution in [0, 0.1) is 0 Å². The first kappa shape index (κ1) is 13.6. The highest BCUT2D eigenvalue weighted by atomic mass is 16.4. The van der Waals surface area contributed by atoms with Crippen LogP contribution in [0.4, 0.5) is 5.82 Å². The summed E-state index contributed by atoms with van der Waals surface area (Å²) in [7, 11) is 0. The molecule has 2 aromatic rings. The highest BCUT2D eigenvalue weighted by Gasteiger charge is 2.20. The van der Waals surface area contributed by atoms with Gasteiger partial charge in [0.1, 0.15) is 5.82 Å². The number of β-amino-alcohol motifs (C(OH)–C–C–N with tert-alkyl or cyclic N) is 1. The number of hydrogen-bond acceptors (Lipinski definition) is 5. The number of oxime groups is 1. The van der Waals surface area contributed by atoms with Crippen molar-refractivity contribution in [1.82, 2.24) is 4.98 Å². The summed E-state index contributed by atoms with van der Waals surface area (Å²) in [6.07, 6.45) is 1.41. The van der Waals surface area contributed by atoms with E-state index in [-0.39, 0.29) is 11.9 Å². The van der Waals surface area contributed by atoms with E-state index in [0.717, 1.165) is 36.1 Å². The maximum absolute atomic E-state index is 9.82. The molecule has 1 atom stereocenters. The molecule has 0 amide bonds. The molecule has 1 saturated heterocycles. The summed E-state index contributed by atoms with van der Waals surface area (Å²) in [5.41, 5.74) is 7.23. The van der Waals surface area contributed by atoms with Gasteiger partial charge in [-0.3, -0.25) is 0 Å². The van der Waals surface area contributed by atoms with Gasteiger partial charge in [0.05, 0.1) is 11.6 Å². The van der Waals surface area contributed by atoms with Gasteiger partial charge in [-0.15, -0.1) is 0 Å². The monoisotopic (exact) mass is 286 g/mol. The summed E-state index contributed by atoms with van der Waals surface area (Å²) in [6.45, 7) is 1.40. The first-order valence-electron chi connectivity index (χ1n) is 6.99. The normalized spacial score (nSPS) is 20.0. The minimum absolute atomic E-state index is 0.0624. The number of amidine groups is 1. The van der Waals surface area contributed by atoms with E-state index in [1.54, 1.807) is 0 Å². The van der Waals surface area contributed by atoms with E-state index >= 15 is 0 Å². The molecule has 0 saturated carbocycles. The summed E-state index contributed by atoms with van der Waals surface area (Å²) in [5.74, 6) is 0.807. The average molecular weight is 286 g/mol. The van der Waals surface area contributed by atoms with Crippen LogP contribution in [-0.4, -0.2) is 40.3 Å². The molecule has 1 aromatic carbocycles. The van der Waals surface area contributed by atoms with Crippen molar-refractivity contribution >= 4 is 22.6 Å². The van der Waals surface area contributed by atoms with Crippen LogP contribution in [0.25, 0.3) is 10.9 Å². The van der Waals surface area contributed by atoms with Crippen LogP contribution in [0.3, 0.4) is 0 Å². The van der Waals surface area contributed by atoms with Gasteiger partial charge in [-0.25, -0.2) is 4.98 Å². The van der Waals surface area contributed by atoms with Gasteiger partial charge in [0.2, 0.25) is 0 Å². The van der Waals surface area contributed by atoms with Crippen LogP contribution in [0.5, 0.6) is 0 Å². The smallest absolute Gasteiger partial charge is 0.170 e. The fourth-order valence-corrected chi connectivity index (χ4v) is 2.75. The first-order valence-corrected chi connectivity index (χ1v) is 6.99. The third kappa shape index (κ3) is 2.62. The number of nitrogens with two attached hydrogens (primary N) is 1. The van der Waals surface area contributed by atoms with Gasteiger partial charge in [-0.2, -0.15) is 0 Å². The van der Waals surface area contributed by atoms with E-state index in [0.29, 0.717) is 12.1 Å². The number of rotatable bonds is 2. The molecule has 2 heterocycles. The second kappa shape index (κ2) is 5.57. The molecule has 1 fully saturated rings. The average Bonchev–Trinajstić information content (AvgIpc) is 2.53. The molecule has 1 aliphatic heterocycles. The molecule has 0 aliphatic carbocycles. The van der Waals surface area contributed by atoms with Crippen LogP contribution in [0.15, 0.2) is 35.5 Å². The van der Waals surface area contributed by atoms with Crippen molar-refractivity contribution in [3.05, 3.63) is 35.9 Å². The lowest BCUT2D eigenvalue weighted by molar-refractivity contribution is 0.154. The van der Waals surface area contributed by atoms with Gasteiger partial charge in [-0.1, -0.05) is 23.4 Å². The molecule has 0 bridgehead atoms. The molecule has 3 rings (SSSR count). The minimum atomic E-state index is -0.334. The van der Waals surface area contributed by atoms with Crippen molar-refractivity contribution in [3.63, 3.8) is 0 Å². The first-order chi connectivity index (χ1) is 10.2. The SMILES string of the molecule is NC(=NO)c1cc(N2CCCC(O)C2)nc2ccccc12. The number of anilines is 1. The highest BCUT2D eigenvalue weighted by Crippen LogP contribution is 2.25. The zero-order valence-corrected chi connectivity index (χ0v) is 11.6. The van der Waals surface area contributed by atoms with Crippen molar-refractivity contribution in [2.24, 2.45) is 10.9 Å². The second-order valence-electron chi connectivity index (χ2n) is 5.27. The Labute approximate surface area is 122 Å². The van der Waals surface area contributed by atoms with Crippen molar-refractivity contribution in [2.45, 2.75) is 18.9 Å². The van der Waals surface area contributed by atoms with Crippen molar-refractivity contribution in [3.8, 4) is 0 Å². The van der Waals surface area contributed by atoms with Crippen LogP contribution in [0.1, 0.15) is 18.4 Å². The summed E-state index contributed by atoms with van der Waals surface area (Å²) in [6, 6.07) is 9.40. The van der Waals surface area contributed by atoms with E-state index in [9.17, 15) is 5.11 Å². The maximum Gasteiger partial charge on any atom is 0.170 e. The zero-order chi connectivity index (χ0) is 14.8. The van der Waals surface area contributed by atoms with E-state index in [1.807, 2.05) is 35.2 Å². The number of para-hydroxylation sites is 1. The van der Waals surface area contributed by atoms with Crippen molar-refractivity contribution < 1.29 is 10.3 Å². The molecule has 1 aromatic heterocycles. The molecule has 21 heavy (non-hydrogen) atoms. The number of fused-ring (bicyclic) bond motifs is 1. The Hall–Kier alpha value is -2.34. The number of aliphatic hydroxyl groups excluding tert-OH is 1. The topological polar surface area (TPSA) is 95.0 Å². The predicted octanol–water partition coefficient (Wildman–Crippen LogP) is 1.29. The second-order valence-corrected chi connectivity index (χ2v) is 5.27. The number of piperidine rings is 1. The number of nitrogens with zero attached hydrogens (tertiary/aromatic N) is 3. The highest BCUT2D eigenvalue weighted by molar-refractivity contribution is 6.08. The molecule has 1 unspecified atom stereocenters. The zero-order valence-electron chi connectivity index (χ0n) is 11.6. The Kier molecular flexibility index (Phi) is 3.62. The third-order valence-electron chi connectivity index (χ3n) is 3.81. The fourth-order valence-electron chi connectivity index (χ4n) is 2.75. The number of pyridine rings is 1. The number of aliphatic hydroxyl groups is 1. The standard InChI is InChI=1S/C15H18N4O2/c16-15(18-21)12-8-14(19-7-3-4-10(20)9-19)17-13-6-2-1-5-11(12)13/h1-2,5-6,8,10,20-21H,3-4,7,9H2,(H2,16,18). The number of hydrogen-bond donors (Lipinski definition) is 3. The van der Waals surface area contributed by atoms with E-state index in [4.69, 9.17) is 10.9 Å². The lowest BCUT2D eigenvalue weighted by atomic mass is 10.1. The minimum Gasteiger partial charge on any atom is -0.409 e. The molecular formula is C15H18N4O2. The Balaban J connectivity index is 2.11. The largest absolute Gasteiger partial charge is 0.409 e. The molecule has 4 N–H and O–H groups in total. The van der Waals surface area contributed by atoms with Gasteiger partial charge in [0.15, 0.2) is 5.84 Å². The Morgan fingerprint density at radius 1 is 1.38 bits per heavy atom. The lowest BCUT2D eigenvalue weighted by Crippen LogP contribution is -2.38. The van der Waals surface area contributed by atoms with Crippen LogP contribution in [-0.2, 0) is 0 Å². The summed E-state index contributed by atoms with van der Waals surface area (Å²) < 4.78 is 0. The van der Waals surface area contributed by atoms with Crippen molar-refractivity contribution in [1.29, 1.82) is 0 Å². The number of benzene rings is 1. The van der Waals surface area contributed by atoms with Gasteiger partial charge in [-0.05, 0) is 25.0 Å². The summed E-state index contributed by atoms with van der Waals surface area (Å²) in [4.78, 5) is 6.67. The molecule has 6 nitrogen and oxygen atoms in total. The van der Waals surface area contributed by atoms with Gasteiger partial charge < -0.3 is 20.9 Å². The van der Waals surface area contributed by atoms with Crippen LogP contribution >= 0.6 is 0 Å². The molecule has 110 valence electrons. The third-order valence-corrected chi connectivity index (χ3v) is 3.81. The molecule has 0 radical (unpaired) electrons. The van der Waals surface area contributed by atoms with Gasteiger partial charge >= 0.3 is 0 Å². The van der Waals surface area contributed by atoms with E-state index < -0.39 is 0 Å². The molecule has 6 heteroatoms. The predicted molar refractivity (Wildman–Crippen MR) is 81.7 cm³/mol. The van der Waals surface area contributed by atoms with Gasteiger partial charge in [0, 0.05) is 24.0 Å². The van der Waals surface area contributed by atoms with E-state index in [2.05, 4.69) is 10.1 Å². The summed E-state index contributed by atoms with van der Waals surface area (Å²) >= 11 is 0. The van der Waals surface area contributed by atoms with E-state index in [1.165, 1.54) is 0 Å². The Bertz CT molecular complexity index is 686. The molecule has 0 spiro atoms. The summed E-state index contributed by atoms with van der Waals surface area (Å²) in [5, 5.41) is 22.8.